The predicted molar refractivity (Wildman–Crippen MR) is 200 cm³/mol. The molecule has 0 saturated heterocycles. The summed E-state index contributed by atoms with van der Waals surface area (Å²) in [6, 6.07) is 31.5. The molecule has 0 aliphatic carbocycles. The third kappa shape index (κ3) is 7.23. The zero-order valence-electron chi connectivity index (χ0n) is 30.3. The molecule has 0 atom stereocenters. The van der Waals surface area contributed by atoms with Crippen molar-refractivity contribution < 1.29 is 26.3 Å². The zero-order chi connectivity index (χ0) is 37.8. The minimum atomic E-state index is -4.64. The molecule has 0 radical (unpaired) electrons. The number of pyridine rings is 1. The van der Waals surface area contributed by atoms with E-state index < -0.39 is 23.3 Å². The van der Waals surface area contributed by atoms with E-state index >= 15 is 0 Å². The zero-order valence-corrected chi connectivity index (χ0v) is 30.3. The van der Waals surface area contributed by atoms with E-state index in [-0.39, 0.29) is 17.4 Å². The van der Waals surface area contributed by atoms with Crippen LogP contribution in [-0.4, -0.2) is 11.2 Å². The molecule has 0 spiro atoms. The Labute approximate surface area is 301 Å². The second kappa shape index (κ2) is 13.3. The number of nitrogens with zero attached hydrogens (tertiary/aromatic N) is 1. The number of aryl methyl sites for hydroxylation is 2. The number of aromatic nitrogens is 1. The summed E-state index contributed by atoms with van der Waals surface area (Å²) in [5.41, 5.74) is 5.27. The fourth-order valence-corrected chi connectivity index (χ4v) is 7.00. The van der Waals surface area contributed by atoms with Gasteiger partial charge in [-0.1, -0.05) is 120 Å². The number of hydrogen-bond donors (Lipinski definition) is 0. The van der Waals surface area contributed by atoms with Crippen LogP contribution in [0.1, 0.15) is 62.4 Å². The first-order valence-electron chi connectivity index (χ1n) is 17.2. The lowest BCUT2D eigenvalue weighted by Gasteiger charge is -2.28. The van der Waals surface area contributed by atoms with E-state index in [4.69, 9.17) is 0 Å². The summed E-state index contributed by atoms with van der Waals surface area (Å²) in [7, 11) is 0. The summed E-state index contributed by atoms with van der Waals surface area (Å²) >= 11 is 0. The van der Waals surface area contributed by atoms with Crippen molar-refractivity contribution in [1.82, 2.24) is 4.98 Å². The van der Waals surface area contributed by atoms with Crippen molar-refractivity contribution in [1.29, 1.82) is 0 Å². The summed E-state index contributed by atoms with van der Waals surface area (Å²) in [5, 5.41) is 2.06. The Balaban J connectivity index is 1.47. The van der Waals surface area contributed by atoms with Gasteiger partial charge >= 0.3 is 12.4 Å². The van der Waals surface area contributed by atoms with Gasteiger partial charge in [0.1, 0.15) is 0 Å². The van der Waals surface area contributed by atoms with Gasteiger partial charge in [0.2, 0.25) is 0 Å². The Kier molecular flexibility index (Phi) is 9.40. The summed E-state index contributed by atoms with van der Waals surface area (Å²) in [6.45, 7) is 12.6. The number of alkyl halides is 6. The molecule has 0 bridgehead atoms. The summed E-state index contributed by atoms with van der Waals surface area (Å²) in [6.07, 6.45) is -8.32. The molecule has 6 rings (SSSR count). The minimum absolute atomic E-state index is 0.00854. The lowest BCUT2D eigenvalue weighted by atomic mass is 9.82. The van der Waals surface area contributed by atoms with Gasteiger partial charge < -0.3 is 0 Å². The monoisotopic (exact) mass is 709 g/mol. The second-order valence-electron chi connectivity index (χ2n) is 15.4. The molecule has 0 fully saturated rings. The molecule has 1 aromatic heterocycles. The van der Waals surface area contributed by atoms with Crippen LogP contribution in [0.2, 0.25) is 0 Å². The van der Waals surface area contributed by atoms with Crippen LogP contribution in [0.3, 0.4) is 0 Å². The average molecular weight is 710 g/mol. The minimum Gasteiger partial charge on any atom is -0.256 e. The summed E-state index contributed by atoms with van der Waals surface area (Å²) in [5.74, 6) is 0. The topological polar surface area (TPSA) is 12.9 Å². The van der Waals surface area contributed by atoms with Crippen LogP contribution in [0.15, 0.2) is 109 Å². The maximum atomic E-state index is 14.5. The van der Waals surface area contributed by atoms with Crippen LogP contribution in [0.4, 0.5) is 26.3 Å². The molecule has 5 aromatic carbocycles. The van der Waals surface area contributed by atoms with Crippen LogP contribution in [0, 0.1) is 19.3 Å². The molecule has 6 aromatic rings. The number of hydrogen-bond acceptors (Lipinski definition) is 1. The number of rotatable bonds is 6. The van der Waals surface area contributed by atoms with E-state index in [0.717, 1.165) is 61.5 Å². The van der Waals surface area contributed by atoms with Gasteiger partial charge in [-0.05, 0) is 110 Å². The van der Waals surface area contributed by atoms with Crippen LogP contribution in [-0.2, 0) is 18.0 Å². The normalized spacial score (nSPS) is 12.8. The van der Waals surface area contributed by atoms with Gasteiger partial charge in [0.25, 0.3) is 0 Å². The molecule has 0 unspecified atom stereocenters. The van der Waals surface area contributed by atoms with Crippen molar-refractivity contribution >= 4 is 10.8 Å². The maximum Gasteiger partial charge on any atom is 0.418 e. The van der Waals surface area contributed by atoms with Crippen LogP contribution in [0.25, 0.3) is 55.4 Å². The first-order chi connectivity index (χ1) is 24.2. The SMILES string of the molecule is Cc1cccc(C)c1-c1cc(CC(C)(C)C(F)(F)F)ccc1-c1ccc(-c2cc(-c3cc(C(C)(C)C)c4ccccc4c3)ncc2C(F)(F)F)cc1. The third-order valence-electron chi connectivity index (χ3n) is 9.93. The predicted octanol–water partition coefficient (Wildman–Crippen LogP) is 14.0. The lowest BCUT2D eigenvalue weighted by molar-refractivity contribution is -0.211. The third-order valence-corrected chi connectivity index (χ3v) is 9.93. The van der Waals surface area contributed by atoms with Crippen molar-refractivity contribution in [2.45, 2.75) is 72.7 Å². The molecular weight excluding hydrogens is 668 g/mol. The van der Waals surface area contributed by atoms with Crippen LogP contribution in [0.5, 0.6) is 0 Å². The maximum absolute atomic E-state index is 14.5. The molecule has 52 heavy (non-hydrogen) atoms. The average Bonchev–Trinajstić information content (AvgIpc) is 3.06. The van der Waals surface area contributed by atoms with Gasteiger partial charge in [-0.2, -0.15) is 26.3 Å². The highest BCUT2D eigenvalue weighted by atomic mass is 19.4. The molecule has 1 heterocycles. The summed E-state index contributed by atoms with van der Waals surface area (Å²) < 4.78 is 85.0. The van der Waals surface area contributed by atoms with Crippen molar-refractivity contribution in [3.05, 3.63) is 137 Å². The summed E-state index contributed by atoms with van der Waals surface area (Å²) in [4.78, 5) is 4.32. The molecule has 0 amide bonds. The van der Waals surface area contributed by atoms with Gasteiger partial charge in [0, 0.05) is 11.8 Å². The molecule has 0 aliphatic heterocycles. The number of benzene rings is 5. The first-order valence-corrected chi connectivity index (χ1v) is 17.2. The van der Waals surface area contributed by atoms with Crippen molar-refractivity contribution in [3.63, 3.8) is 0 Å². The smallest absolute Gasteiger partial charge is 0.256 e. The Hall–Kier alpha value is -4.91. The number of halogens is 6. The first kappa shape index (κ1) is 36.9. The van der Waals surface area contributed by atoms with Crippen LogP contribution < -0.4 is 0 Å². The van der Waals surface area contributed by atoms with E-state index in [1.807, 2.05) is 74.5 Å². The fourth-order valence-electron chi connectivity index (χ4n) is 7.00. The Morgan fingerprint density at radius 1 is 0.558 bits per heavy atom. The van der Waals surface area contributed by atoms with Crippen molar-refractivity contribution in [2.24, 2.45) is 5.41 Å². The number of fused-ring (bicyclic) bond motifs is 1. The van der Waals surface area contributed by atoms with Gasteiger partial charge in [-0.25, -0.2) is 0 Å². The Morgan fingerprint density at radius 3 is 1.77 bits per heavy atom. The van der Waals surface area contributed by atoms with E-state index in [1.165, 1.54) is 19.9 Å². The molecule has 0 aliphatic rings. The van der Waals surface area contributed by atoms with Crippen molar-refractivity contribution in [2.75, 3.05) is 0 Å². The van der Waals surface area contributed by atoms with Gasteiger partial charge in [-0.15, -0.1) is 0 Å². The van der Waals surface area contributed by atoms with E-state index in [2.05, 4.69) is 31.8 Å². The molecule has 0 saturated carbocycles. The van der Waals surface area contributed by atoms with E-state index in [1.54, 1.807) is 30.3 Å². The fraction of sp³-hybridized carbons (Fsp3) is 0.267. The van der Waals surface area contributed by atoms with Crippen molar-refractivity contribution in [3.8, 4) is 44.6 Å². The highest BCUT2D eigenvalue weighted by molar-refractivity contribution is 5.92. The second-order valence-corrected chi connectivity index (χ2v) is 15.4. The Morgan fingerprint density at radius 2 is 1.17 bits per heavy atom. The van der Waals surface area contributed by atoms with Gasteiger partial charge in [-0.3, -0.25) is 4.98 Å². The largest absolute Gasteiger partial charge is 0.418 e. The van der Waals surface area contributed by atoms with E-state index in [9.17, 15) is 26.3 Å². The quantitative estimate of drug-likeness (QED) is 0.157. The molecule has 0 N–H and O–H groups in total. The molecule has 1 nitrogen and oxygen atoms in total. The highest BCUT2D eigenvalue weighted by Gasteiger charge is 2.47. The van der Waals surface area contributed by atoms with E-state index in [0.29, 0.717) is 16.8 Å². The standard InChI is InChI=1S/C45H41F6N/c1-27-11-10-12-28(2)41(27)37-21-29(25-43(6,7)45(49,50)51)15-20-34(37)30-16-18-31(19-17-30)36-24-40(52-26-39(36)44(46,47)48)33-22-32-13-8-9-14-35(32)38(23-33)42(3,4)5/h8-24,26H,25H2,1-7H3. The molecule has 268 valence electrons. The highest BCUT2D eigenvalue weighted by Crippen LogP contribution is 2.44. The Bertz CT molecular complexity index is 2250. The van der Waals surface area contributed by atoms with Gasteiger partial charge in [0.05, 0.1) is 16.7 Å². The molecular formula is C45H41F6N. The lowest BCUT2D eigenvalue weighted by Crippen LogP contribution is -2.34. The van der Waals surface area contributed by atoms with Crippen LogP contribution >= 0.6 is 0 Å². The van der Waals surface area contributed by atoms with Gasteiger partial charge in [0.15, 0.2) is 0 Å². The molecule has 7 heteroatoms.